The summed E-state index contributed by atoms with van der Waals surface area (Å²) in [5.41, 5.74) is 2.31. The standard InChI is InChI=1S/C29H31F2NO6S2/c1-4-37-28(33)18-32(13-6-14-40(3,35)36)29(34)22-8-5-7-20(15-22)19-38-23-11-9-21(10-12-23)24-16-25(30)26(31)17-27(24)39-2/h5,7-12,15-17H,4,6,13-14,18-19H2,1-3H3. The van der Waals surface area contributed by atoms with Crippen molar-refractivity contribution in [1.29, 1.82) is 0 Å². The number of benzene rings is 3. The van der Waals surface area contributed by atoms with Crippen LogP contribution >= 0.6 is 11.8 Å². The molecule has 0 saturated carbocycles. The molecule has 40 heavy (non-hydrogen) atoms. The third-order valence-electron chi connectivity index (χ3n) is 5.84. The van der Waals surface area contributed by atoms with Crippen LogP contribution in [0.2, 0.25) is 0 Å². The van der Waals surface area contributed by atoms with E-state index in [1.807, 2.05) is 0 Å². The molecule has 0 aliphatic carbocycles. The maximum Gasteiger partial charge on any atom is 0.325 e. The number of thioether (sulfide) groups is 1. The number of hydrogen-bond acceptors (Lipinski definition) is 7. The zero-order valence-electron chi connectivity index (χ0n) is 22.5. The SMILES string of the molecule is CCOC(=O)CN(CCCS(C)(=O)=O)C(=O)c1cccc(COc2ccc(-c3cc(F)c(F)cc3SC)cc2)c1. The van der Waals surface area contributed by atoms with Crippen molar-refractivity contribution in [3.05, 3.63) is 83.4 Å². The number of hydrogen-bond donors (Lipinski definition) is 0. The molecule has 0 heterocycles. The number of esters is 1. The van der Waals surface area contributed by atoms with Gasteiger partial charge < -0.3 is 14.4 Å². The largest absolute Gasteiger partial charge is 0.489 e. The van der Waals surface area contributed by atoms with E-state index >= 15 is 0 Å². The predicted octanol–water partition coefficient (Wildman–Crippen LogP) is 5.37. The topological polar surface area (TPSA) is 90.0 Å². The van der Waals surface area contributed by atoms with E-state index in [4.69, 9.17) is 9.47 Å². The normalized spacial score (nSPS) is 11.2. The molecule has 0 atom stereocenters. The Morgan fingerprint density at radius 2 is 1.70 bits per heavy atom. The molecule has 3 aromatic rings. The Morgan fingerprint density at radius 1 is 1.00 bits per heavy atom. The summed E-state index contributed by atoms with van der Waals surface area (Å²) in [7, 11) is -3.22. The molecule has 214 valence electrons. The highest BCUT2D eigenvalue weighted by Crippen LogP contribution is 2.33. The molecule has 0 unspecified atom stereocenters. The lowest BCUT2D eigenvalue weighted by Crippen LogP contribution is -2.38. The van der Waals surface area contributed by atoms with Crippen molar-refractivity contribution < 1.29 is 36.3 Å². The van der Waals surface area contributed by atoms with Crippen LogP contribution in [0.3, 0.4) is 0 Å². The van der Waals surface area contributed by atoms with Crippen molar-refractivity contribution in [3.8, 4) is 16.9 Å². The zero-order chi connectivity index (χ0) is 29.3. The van der Waals surface area contributed by atoms with Gasteiger partial charge in [-0.15, -0.1) is 11.8 Å². The van der Waals surface area contributed by atoms with Crippen molar-refractivity contribution in [2.24, 2.45) is 0 Å². The Kier molecular flexibility index (Phi) is 11.1. The second-order valence-electron chi connectivity index (χ2n) is 9.00. The number of ether oxygens (including phenoxy) is 2. The smallest absolute Gasteiger partial charge is 0.325 e. The summed E-state index contributed by atoms with van der Waals surface area (Å²) in [4.78, 5) is 27.2. The van der Waals surface area contributed by atoms with Crippen LogP contribution in [0.4, 0.5) is 8.78 Å². The van der Waals surface area contributed by atoms with Crippen LogP contribution in [0, 0.1) is 11.6 Å². The molecular weight excluding hydrogens is 560 g/mol. The minimum atomic E-state index is -3.22. The maximum absolute atomic E-state index is 13.8. The van der Waals surface area contributed by atoms with Gasteiger partial charge in [0.25, 0.3) is 5.91 Å². The average molecular weight is 592 g/mol. The lowest BCUT2D eigenvalue weighted by atomic mass is 10.1. The minimum absolute atomic E-state index is 0.0774. The minimum Gasteiger partial charge on any atom is -0.489 e. The van der Waals surface area contributed by atoms with Gasteiger partial charge in [-0.05, 0) is 72.7 Å². The second kappa shape index (κ2) is 14.3. The summed E-state index contributed by atoms with van der Waals surface area (Å²) >= 11 is 1.32. The van der Waals surface area contributed by atoms with Crippen LogP contribution < -0.4 is 4.74 Å². The van der Waals surface area contributed by atoms with Crippen LogP contribution in [0.25, 0.3) is 11.1 Å². The van der Waals surface area contributed by atoms with E-state index in [-0.39, 0.29) is 38.5 Å². The van der Waals surface area contributed by atoms with Crippen molar-refractivity contribution in [2.75, 3.05) is 38.0 Å². The first-order chi connectivity index (χ1) is 19.0. The number of amides is 1. The predicted molar refractivity (Wildman–Crippen MR) is 151 cm³/mol. The van der Waals surface area contributed by atoms with E-state index < -0.39 is 33.3 Å². The summed E-state index contributed by atoms with van der Waals surface area (Å²) in [6.45, 7) is 1.76. The number of carbonyl (C=O) groups excluding carboxylic acids is 2. The lowest BCUT2D eigenvalue weighted by molar-refractivity contribution is -0.143. The number of rotatable bonds is 13. The van der Waals surface area contributed by atoms with Gasteiger partial charge in [-0.2, -0.15) is 0 Å². The Balaban J connectivity index is 1.70. The second-order valence-corrected chi connectivity index (χ2v) is 12.1. The number of carbonyl (C=O) groups is 2. The van der Waals surface area contributed by atoms with E-state index in [0.29, 0.717) is 32.9 Å². The molecule has 0 aromatic heterocycles. The van der Waals surface area contributed by atoms with Crippen LogP contribution in [0.5, 0.6) is 5.75 Å². The summed E-state index contributed by atoms with van der Waals surface area (Å²) in [6.07, 6.45) is 3.09. The molecular formula is C29H31F2NO6S2. The molecule has 3 aromatic carbocycles. The number of halogens is 2. The molecule has 0 N–H and O–H groups in total. The molecule has 3 rings (SSSR count). The van der Waals surface area contributed by atoms with Gasteiger partial charge in [0.05, 0.1) is 12.4 Å². The average Bonchev–Trinajstić information content (AvgIpc) is 2.92. The molecule has 0 aliphatic rings. The Hall–Kier alpha value is -3.44. The van der Waals surface area contributed by atoms with E-state index in [2.05, 4.69) is 0 Å². The Labute approximate surface area is 237 Å². The third kappa shape index (κ3) is 9.06. The molecule has 1 amide bonds. The fourth-order valence-corrected chi connectivity index (χ4v) is 5.20. The summed E-state index contributed by atoms with van der Waals surface area (Å²) in [6, 6.07) is 16.0. The maximum atomic E-state index is 13.8. The molecule has 0 spiro atoms. The number of nitrogens with zero attached hydrogens (tertiary/aromatic N) is 1. The van der Waals surface area contributed by atoms with Crippen LogP contribution in [-0.2, 0) is 26.0 Å². The van der Waals surface area contributed by atoms with Gasteiger partial charge in [0.15, 0.2) is 11.6 Å². The first-order valence-electron chi connectivity index (χ1n) is 12.5. The van der Waals surface area contributed by atoms with Gasteiger partial charge in [-0.25, -0.2) is 17.2 Å². The van der Waals surface area contributed by atoms with Gasteiger partial charge >= 0.3 is 5.97 Å². The van der Waals surface area contributed by atoms with Crippen molar-refractivity contribution in [2.45, 2.75) is 24.8 Å². The molecule has 7 nitrogen and oxygen atoms in total. The Bertz CT molecular complexity index is 1450. The fourth-order valence-electron chi connectivity index (χ4n) is 3.93. The van der Waals surface area contributed by atoms with Crippen LogP contribution in [0.15, 0.2) is 65.6 Å². The van der Waals surface area contributed by atoms with Crippen molar-refractivity contribution in [1.82, 2.24) is 4.90 Å². The third-order valence-corrected chi connectivity index (χ3v) is 7.65. The highest BCUT2D eigenvalue weighted by Gasteiger charge is 2.20. The Morgan fingerprint density at radius 3 is 2.35 bits per heavy atom. The van der Waals surface area contributed by atoms with Crippen LogP contribution in [0.1, 0.15) is 29.3 Å². The van der Waals surface area contributed by atoms with E-state index in [1.54, 1.807) is 61.7 Å². The van der Waals surface area contributed by atoms with E-state index in [1.165, 1.54) is 28.8 Å². The number of sulfone groups is 1. The highest BCUT2D eigenvalue weighted by atomic mass is 32.2. The van der Waals surface area contributed by atoms with Crippen LogP contribution in [-0.4, -0.2) is 63.2 Å². The van der Waals surface area contributed by atoms with E-state index in [9.17, 15) is 26.8 Å². The fraction of sp³-hybridized carbons (Fsp3) is 0.310. The van der Waals surface area contributed by atoms with Crippen molar-refractivity contribution >= 4 is 33.5 Å². The summed E-state index contributed by atoms with van der Waals surface area (Å²) < 4.78 is 61.3. The molecule has 0 saturated heterocycles. The molecule has 0 aliphatic heterocycles. The molecule has 0 radical (unpaired) electrons. The van der Waals surface area contributed by atoms with Crippen molar-refractivity contribution in [3.63, 3.8) is 0 Å². The first-order valence-corrected chi connectivity index (χ1v) is 15.8. The van der Waals surface area contributed by atoms with Gasteiger partial charge in [-0.3, -0.25) is 9.59 Å². The molecule has 11 heteroatoms. The quantitative estimate of drug-likeness (QED) is 0.195. The van der Waals surface area contributed by atoms with Gasteiger partial charge in [0.2, 0.25) is 0 Å². The summed E-state index contributed by atoms with van der Waals surface area (Å²) in [5.74, 6) is -2.39. The van der Waals surface area contributed by atoms with Gasteiger partial charge in [0.1, 0.15) is 28.7 Å². The molecule has 0 bridgehead atoms. The van der Waals surface area contributed by atoms with Gasteiger partial charge in [-0.1, -0.05) is 24.3 Å². The highest BCUT2D eigenvalue weighted by molar-refractivity contribution is 7.98. The summed E-state index contributed by atoms with van der Waals surface area (Å²) in [5, 5.41) is 0. The van der Waals surface area contributed by atoms with Gasteiger partial charge in [0, 0.05) is 23.3 Å². The zero-order valence-corrected chi connectivity index (χ0v) is 24.1. The monoisotopic (exact) mass is 591 g/mol. The lowest BCUT2D eigenvalue weighted by Gasteiger charge is -2.22. The molecule has 0 fully saturated rings. The first kappa shape index (κ1) is 31.1. The van der Waals surface area contributed by atoms with E-state index in [0.717, 1.165) is 6.26 Å².